The van der Waals surface area contributed by atoms with Crippen molar-refractivity contribution in [1.29, 1.82) is 0 Å². The SMILES string of the molecule is CCCC(C)C(=O)Nc1cccc(S(=O)(=O)N(CC)CC)c1. The van der Waals surface area contributed by atoms with E-state index in [1.807, 2.05) is 13.8 Å². The Morgan fingerprint density at radius 3 is 2.41 bits per heavy atom. The van der Waals surface area contributed by atoms with Crippen LogP contribution in [-0.2, 0) is 14.8 Å². The standard InChI is InChI=1S/C16H26N2O3S/c1-5-9-13(4)16(19)17-14-10-8-11-15(12-14)22(20,21)18(6-2)7-3/h8,10-13H,5-7,9H2,1-4H3,(H,17,19). The van der Waals surface area contributed by atoms with Crippen molar-refractivity contribution in [3.8, 4) is 0 Å². The van der Waals surface area contributed by atoms with E-state index in [-0.39, 0.29) is 16.7 Å². The summed E-state index contributed by atoms with van der Waals surface area (Å²) in [6, 6.07) is 6.43. The summed E-state index contributed by atoms with van der Waals surface area (Å²) in [6.45, 7) is 8.35. The minimum absolute atomic E-state index is 0.0840. The van der Waals surface area contributed by atoms with E-state index in [0.29, 0.717) is 18.8 Å². The van der Waals surface area contributed by atoms with Crippen molar-refractivity contribution in [2.24, 2.45) is 5.92 Å². The molecule has 0 bridgehead atoms. The quantitative estimate of drug-likeness (QED) is 0.798. The number of amides is 1. The van der Waals surface area contributed by atoms with E-state index in [4.69, 9.17) is 0 Å². The maximum atomic E-state index is 12.5. The van der Waals surface area contributed by atoms with Crippen LogP contribution in [0.25, 0.3) is 0 Å². The minimum atomic E-state index is -3.51. The third kappa shape index (κ3) is 4.55. The molecule has 0 aliphatic heterocycles. The van der Waals surface area contributed by atoms with Crippen molar-refractivity contribution < 1.29 is 13.2 Å². The third-order valence-electron chi connectivity index (χ3n) is 3.61. The second-order valence-corrected chi connectivity index (χ2v) is 7.23. The molecular weight excluding hydrogens is 300 g/mol. The maximum absolute atomic E-state index is 12.5. The van der Waals surface area contributed by atoms with Crippen LogP contribution in [0, 0.1) is 5.92 Å². The van der Waals surface area contributed by atoms with E-state index in [2.05, 4.69) is 5.32 Å². The van der Waals surface area contributed by atoms with E-state index < -0.39 is 10.0 Å². The number of nitrogens with zero attached hydrogens (tertiary/aromatic N) is 1. The van der Waals surface area contributed by atoms with Crippen molar-refractivity contribution in [3.05, 3.63) is 24.3 Å². The molecular formula is C16H26N2O3S. The van der Waals surface area contributed by atoms with Gasteiger partial charge in [0.25, 0.3) is 0 Å². The van der Waals surface area contributed by atoms with Gasteiger partial charge >= 0.3 is 0 Å². The lowest BCUT2D eigenvalue weighted by molar-refractivity contribution is -0.119. The van der Waals surface area contributed by atoms with Crippen molar-refractivity contribution >= 4 is 21.6 Å². The molecule has 1 atom stereocenters. The number of rotatable bonds is 8. The monoisotopic (exact) mass is 326 g/mol. The third-order valence-corrected chi connectivity index (χ3v) is 5.66. The van der Waals surface area contributed by atoms with Crippen LogP contribution in [0.15, 0.2) is 29.2 Å². The molecule has 0 fully saturated rings. The lowest BCUT2D eigenvalue weighted by atomic mass is 10.1. The average Bonchev–Trinajstić information content (AvgIpc) is 2.48. The summed E-state index contributed by atoms with van der Waals surface area (Å²) in [4.78, 5) is 12.2. The zero-order chi connectivity index (χ0) is 16.8. The molecule has 1 rings (SSSR count). The predicted molar refractivity (Wildman–Crippen MR) is 89.3 cm³/mol. The minimum Gasteiger partial charge on any atom is -0.326 e. The predicted octanol–water partition coefficient (Wildman–Crippen LogP) is 3.09. The normalized spacial score (nSPS) is 13.1. The summed E-state index contributed by atoms with van der Waals surface area (Å²) in [6.07, 6.45) is 1.74. The van der Waals surface area contributed by atoms with Crippen LogP contribution in [0.4, 0.5) is 5.69 Å². The zero-order valence-electron chi connectivity index (χ0n) is 13.8. The first kappa shape index (κ1) is 18.6. The molecule has 0 heterocycles. The van der Waals surface area contributed by atoms with E-state index in [1.165, 1.54) is 10.4 Å². The Hall–Kier alpha value is -1.40. The Kier molecular flexibility index (Phi) is 7.03. The van der Waals surface area contributed by atoms with E-state index in [0.717, 1.165) is 12.8 Å². The number of carbonyl (C=O) groups excluding carboxylic acids is 1. The number of benzene rings is 1. The van der Waals surface area contributed by atoms with E-state index in [1.54, 1.807) is 32.0 Å². The Labute approximate surface area is 133 Å². The van der Waals surface area contributed by atoms with Gasteiger partial charge in [-0.2, -0.15) is 4.31 Å². The first-order valence-electron chi connectivity index (χ1n) is 7.77. The van der Waals surface area contributed by atoms with Crippen LogP contribution in [0.5, 0.6) is 0 Å². The maximum Gasteiger partial charge on any atom is 0.243 e. The van der Waals surface area contributed by atoms with Gasteiger partial charge in [-0.3, -0.25) is 4.79 Å². The van der Waals surface area contributed by atoms with Crippen molar-refractivity contribution in [1.82, 2.24) is 4.31 Å². The summed E-state index contributed by atoms with van der Waals surface area (Å²) in [5.74, 6) is -0.174. The number of anilines is 1. The number of carbonyl (C=O) groups is 1. The highest BCUT2D eigenvalue weighted by atomic mass is 32.2. The smallest absolute Gasteiger partial charge is 0.243 e. The lowest BCUT2D eigenvalue weighted by Crippen LogP contribution is -2.30. The van der Waals surface area contributed by atoms with Gasteiger partial charge in [0.05, 0.1) is 4.90 Å². The number of hydrogen-bond acceptors (Lipinski definition) is 3. The molecule has 0 radical (unpaired) electrons. The summed E-state index contributed by atoms with van der Waals surface area (Å²) in [5, 5.41) is 2.79. The van der Waals surface area contributed by atoms with Crippen molar-refractivity contribution in [2.45, 2.75) is 45.4 Å². The first-order chi connectivity index (χ1) is 10.4. The second kappa shape index (κ2) is 8.29. The van der Waals surface area contributed by atoms with Crippen LogP contribution in [0.3, 0.4) is 0 Å². The highest BCUT2D eigenvalue weighted by molar-refractivity contribution is 7.89. The molecule has 0 spiro atoms. The van der Waals surface area contributed by atoms with Gasteiger partial charge < -0.3 is 5.32 Å². The van der Waals surface area contributed by atoms with Gasteiger partial charge in [0, 0.05) is 24.7 Å². The van der Waals surface area contributed by atoms with Crippen LogP contribution in [0.2, 0.25) is 0 Å². The molecule has 0 saturated heterocycles. The van der Waals surface area contributed by atoms with Gasteiger partial charge in [-0.15, -0.1) is 0 Å². The molecule has 0 aliphatic rings. The fourth-order valence-electron chi connectivity index (χ4n) is 2.28. The summed E-state index contributed by atoms with van der Waals surface area (Å²) in [5.41, 5.74) is 0.515. The van der Waals surface area contributed by atoms with Crippen LogP contribution >= 0.6 is 0 Å². The Morgan fingerprint density at radius 2 is 1.86 bits per heavy atom. The van der Waals surface area contributed by atoms with Gasteiger partial charge in [0.2, 0.25) is 15.9 Å². The molecule has 6 heteroatoms. The van der Waals surface area contributed by atoms with E-state index >= 15 is 0 Å². The molecule has 0 aliphatic carbocycles. The molecule has 1 unspecified atom stereocenters. The second-order valence-electron chi connectivity index (χ2n) is 5.30. The van der Waals surface area contributed by atoms with Gasteiger partial charge in [-0.25, -0.2) is 8.42 Å². The molecule has 5 nitrogen and oxygen atoms in total. The molecule has 1 N–H and O–H groups in total. The number of hydrogen-bond donors (Lipinski definition) is 1. The molecule has 0 aromatic heterocycles. The topological polar surface area (TPSA) is 66.5 Å². The summed E-state index contributed by atoms with van der Waals surface area (Å²) < 4.78 is 26.4. The van der Waals surface area contributed by atoms with Crippen LogP contribution in [-0.4, -0.2) is 31.7 Å². The van der Waals surface area contributed by atoms with Gasteiger partial charge in [-0.05, 0) is 24.6 Å². The summed E-state index contributed by atoms with van der Waals surface area (Å²) in [7, 11) is -3.51. The molecule has 1 aromatic carbocycles. The highest BCUT2D eigenvalue weighted by Crippen LogP contribution is 2.20. The molecule has 0 saturated carbocycles. The van der Waals surface area contributed by atoms with Crippen LogP contribution < -0.4 is 5.32 Å². The zero-order valence-corrected chi connectivity index (χ0v) is 14.6. The Morgan fingerprint density at radius 1 is 1.23 bits per heavy atom. The van der Waals surface area contributed by atoms with Gasteiger partial charge in [0.1, 0.15) is 0 Å². The fourth-order valence-corrected chi connectivity index (χ4v) is 3.78. The Balaban J connectivity index is 2.98. The molecule has 22 heavy (non-hydrogen) atoms. The van der Waals surface area contributed by atoms with Crippen LogP contribution in [0.1, 0.15) is 40.5 Å². The van der Waals surface area contributed by atoms with Gasteiger partial charge in [0.15, 0.2) is 0 Å². The molecule has 1 aromatic rings. The molecule has 1 amide bonds. The number of sulfonamides is 1. The first-order valence-corrected chi connectivity index (χ1v) is 9.21. The van der Waals surface area contributed by atoms with Crippen molar-refractivity contribution in [2.75, 3.05) is 18.4 Å². The largest absolute Gasteiger partial charge is 0.326 e. The fraction of sp³-hybridized carbons (Fsp3) is 0.562. The Bertz CT molecular complexity index is 595. The number of nitrogens with one attached hydrogen (secondary N) is 1. The molecule has 124 valence electrons. The average molecular weight is 326 g/mol. The summed E-state index contributed by atoms with van der Waals surface area (Å²) >= 11 is 0. The van der Waals surface area contributed by atoms with Crippen molar-refractivity contribution in [3.63, 3.8) is 0 Å². The lowest BCUT2D eigenvalue weighted by Gasteiger charge is -2.19. The van der Waals surface area contributed by atoms with Gasteiger partial charge in [-0.1, -0.05) is 40.2 Å². The highest BCUT2D eigenvalue weighted by Gasteiger charge is 2.22. The van der Waals surface area contributed by atoms with E-state index in [9.17, 15) is 13.2 Å².